The quantitative estimate of drug-likeness (QED) is 0.510. The second-order valence-corrected chi connectivity index (χ2v) is 8.38. The van der Waals surface area contributed by atoms with Crippen LogP contribution in [0.3, 0.4) is 0 Å². The Balaban J connectivity index is 1.77. The van der Waals surface area contributed by atoms with Crippen LogP contribution in [-0.4, -0.2) is 37.2 Å². The molecule has 0 radical (unpaired) electrons. The van der Waals surface area contributed by atoms with Crippen molar-refractivity contribution >= 4 is 17.6 Å². The first-order valence-electron chi connectivity index (χ1n) is 11.5. The number of hydrogen-bond acceptors (Lipinski definition) is 5. The van der Waals surface area contributed by atoms with Crippen molar-refractivity contribution < 1.29 is 24.2 Å². The molecule has 0 bridgehead atoms. The molecule has 0 heterocycles. The topological polar surface area (TPSA) is 76.1 Å². The second-order valence-electron chi connectivity index (χ2n) is 8.38. The van der Waals surface area contributed by atoms with Crippen LogP contribution in [-0.2, 0) is 22.4 Å². The number of fused-ring (bicyclic) bond motifs is 1. The number of phenols is 1. The number of esters is 1. The molecular weight excluding hydrogens is 430 g/mol. The van der Waals surface area contributed by atoms with Crippen LogP contribution >= 0.6 is 0 Å². The molecular formula is C28H29NO5. The number of carbonyl (C=O) groups excluding carboxylic acids is 2. The fourth-order valence-electron chi connectivity index (χ4n) is 4.55. The molecule has 0 aliphatic heterocycles. The Bertz CT molecular complexity index is 1170. The van der Waals surface area contributed by atoms with Crippen molar-refractivity contribution in [1.82, 2.24) is 0 Å². The van der Waals surface area contributed by atoms with Crippen molar-refractivity contribution in [2.75, 3.05) is 25.2 Å². The number of ether oxygens (including phenoxy) is 2. The Kier molecular flexibility index (Phi) is 7.16. The highest BCUT2D eigenvalue weighted by atomic mass is 16.5. The van der Waals surface area contributed by atoms with Crippen LogP contribution < -0.4 is 9.64 Å². The summed E-state index contributed by atoms with van der Waals surface area (Å²) in [5.74, 6) is 0.0167. The third-order valence-electron chi connectivity index (χ3n) is 6.27. The summed E-state index contributed by atoms with van der Waals surface area (Å²) in [6, 6.07) is 20.2. The average molecular weight is 460 g/mol. The van der Waals surface area contributed by atoms with E-state index in [0.29, 0.717) is 17.0 Å². The highest BCUT2D eigenvalue weighted by Gasteiger charge is 2.29. The molecule has 6 heteroatoms. The Labute approximate surface area is 199 Å². The van der Waals surface area contributed by atoms with E-state index in [1.54, 1.807) is 26.2 Å². The minimum Gasteiger partial charge on any atom is -0.508 e. The number of benzene rings is 3. The van der Waals surface area contributed by atoms with E-state index in [9.17, 15) is 14.7 Å². The first-order chi connectivity index (χ1) is 16.5. The van der Waals surface area contributed by atoms with Gasteiger partial charge >= 0.3 is 5.97 Å². The molecule has 6 nitrogen and oxygen atoms in total. The lowest BCUT2D eigenvalue weighted by atomic mass is 9.79. The van der Waals surface area contributed by atoms with Crippen molar-refractivity contribution in [2.24, 2.45) is 0 Å². The highest BCUT2D eigenvalue weighted by Crippen LogP contribution is 2.39. The van der Waals surface area contributed by atoms with E-state index < -0.39 is 5.97 Å². The second kappa shape index (κ2) is 10.4. The van der Waals surface area contributed by atoms with Gasteiger partial charge in [-0.05, 0) is 79.1 Å². The number of rotatable bonds is 7. The first-order valence-corrected chi connectivity index (χ1v) is 11.5. The summed E-state index contributed by atoms with van der Waals surface area (Å²) in [5.41, 5.74) is 4.66. The van der Waals surface area contributed by atoms with Gasteiger partial charge in [-0.25, -0.2) is 0 Å². The number of carbonyl (C=O) groups is 2. The summed E-state index contributed by atoms with van der Waals surface area (Å²) in [6.45, 7) is 1.74. The first kappa shape index (κ1) is 23.4. The molecule has 1 amide bonds. The maximum absolute atomic E-state index is 13.6. The minimum absolute atomic E-state index is 0.0661. The van der Waals surface area contributed by atoms with Crippen LogP contribution in [0.5, 0.6) is 11.5 Å². The van der Waals surface area contributed by atoms with Gasteiger partial charge in [0, 0.05) is 11.6 Å². The van der Waals surface area contributed by atoms with E-state index in [1.165, 1.54) is 28.2 Å². The molecule has 0 aromatic heterocycles. The van der Waals surface area contributed by atoms with Gasteiger partial charge in [-0.3, -0.25) is 14.5 Å². The van der Waals surface area contributed by atoms with Gasteiger partial charge in [-0.15, -0.1) is 0 Å². The van der Waals surface area contributed by atoms with Crippen molar-refractivity contribution in [3.8, 4) is 11.5 Å². The molecule has 0 saturated heterocycles. The molecule has 176 valence electrons. The molecule has 3 aromatic rings. The van der Waals surface area contributed by atoms with Gasteiger partial charge in [0.05, 0.1) is 19.4 Å². The maximum atomic E-state index is 13.6. The van der Waals surface area contributed by atoms with E-state index in [1.807, 2.05) is 18.2 Å². The normalized spacial score (nSPS) is 14.7. The molecule has 3 aromatic carbocycles. The van der Waals surface area contributed by atoms with E-state index in [-0.39, 0.29) is 30.7 Å². The van der Waals surface area contributed by atoms with Crippen LogP contribution in [0.15, 0.2) is 66.7 Å². The van der Waals surface area contributed by atoms with Crippen LogP contribution in [0.25, 0.3) is 0 Å². The summed E-state index contributed by atoms with van der Waals surface area (Å²) in [4.78, 5) is 27.6. The predicted molar refractivity (Wildman–Crippen MR) is 131 cm³/mol. The minimum atomic E-state index is -0.489. The lowest BCUT2D eigenvalue weighted by Crippen LogP contribution is -2.37. The van der Waals surface area contributed by atoms with Crippen LogP contribution in [0.4, 0.5) is 5.69 Å². The zero-order valence-corrected chi connectivity index (χ0v) is 19.5. The van der Waals surface area contributed by atoms with E-state index in [0.717, 1.165) is 24.8 Å². The summed E-state index contributed by atoms with van der Waals surface area (Å²) in [6.07, 6.45) is 2.75. The third kappa shape index (κ3) is 5.06. The van der Waals surface area contributed by atoms with E-state index in [4.69, 9.17) is 9.47 Å². The molecule has 0 spiro atoms. The monoisotopic (exact) mass is 459 g/mol. The highest BCUT2D eigenvalue weighted by molar-refractivity contribution is 6.09. The van der Waals surface area contributed by atoms with Gasteiger partial charge < -0.3 is 14.6 Å². The lowest BCUT2D eigenvalue weighted by Gasteiger charge is -2.31. The predicted octanol–water partition coefficient (Wildman–Crippen LogP) is 4.88. The summed E-state index contributed by atoms with van der Waals surface area (Å²) in [7, 11) is 1.58. The number of amides is 1. The average Bonchev–Trinajstić information content (AvgIpc) is 2.87. The van der Waals surface area contributed by atoms with Crippen molar-refractivity contribution in [2.45, 2.75) is 32.1 Å². The SMILES string of the molecule is CCOC(=O)CN(C(=O)c1ccc(O)cc1)c1cc(OC)ccc1[C@@H]1CCc2ccccc2C1. The number of aromatic hydroxyl groups is 1. The number of aryl methyl sites for hydroxylation is 1. The van der Waals surface area contributed by atoms with Crippen molar-refractivity contribution in [3.05, 3.63) is 89.0 Å². The van der Waals surface area contributed by atoms with Gasteiger partial charge in [0.1, 0.15) is 18.0 Å². The van der Waals surface area contributed by atoms with Gasteiger partial charge in [0.15, 0.2) is 0 Å². The molecule has 4 rings (SSSR count). The molecule has 1 atom stereocenters. The summed E-state index contributed by atoms with van der Waals surface area (Å²) >= 11 is 0. The zero-order valence-electron chi connectivity index (χ0n) is 19.5. The van der Waals surface area contributed by atoms with Gasteiger partial charge in [0.25, 0.3) is 5.91 Å². The number of phenolic OH excluding ortho intramolecular Hbond substituents is 1. The van der Waals surface area contributed by atoms with Gasteiger partial charge in [0.2, 0.25) is 0 Å². The number of nitrogens with zero attached hydrogens (tertiary/aromatic N) is 1. The Morgan fingerprint density at radius 2 is 1.76 bits per heavy atom. The Hall–Kier alpha value is -3.80. The lowest BCUT2D eigenvalue weighted by molar-refractivity contribution is -0.141. The molecule has 0 unspecified atom stereocenters. The number of hydrogen-bond donors (Lipinski definition) is 1. The fourth-order valence-corrected chi connectivity index (χ4v) is 4.55. The molecule has 34 heavy (non-hydrogen) atoms. The fraction of sp³-hybridized carbons (Fsp3) is 0.286. The number of anilines is 1. The Morgan fingerprint density at radius 3 is 2.47 bits per heavy atom. The molecule has 1 N–H and O–H groups in total. The standard InChI is InChI=1S/C28H29NO5/c1-3-34-27(31)18-29(28(32)20-10-12-23(30)13-11-20)26-17-24(33-2)14-15-25(26)22-9-8-19-6-4-5-7-21(19)16-22/h4-7,10-15,17,22,30H,3,8-9,16,18H2,1-2H3/t22-/m1/s1. The third-order valence-corrected chi connectivity index (χ3v) is 6.27. The maximum Gasteiger partial charge on any atom is 0.326 e. The van der Waals surface area contributed by atoms with Gasteiger partial charge in [-0.1, -0.05) is 30.3 Å². The van der Waals surface area contributed by atoms with Crippen LogP contribution in [0, 0.1) is 0 Å². The summed E-state index contributed by atoms with van der Waals surface area (Å²) < 4.78 is 10.7. The zero-order chi connectivity index (χ0) is 24.1. The van der Waals surface area contributed by atoms with Crippen molar-refractivity contribution in [1.29, 1.82) is 0 Å². The molecule has 1 aliphatic carbocycles. The van der Waals surface area contributed by atoms with Crippen LogP contribution in [0.1, 0.15) is 46.3 Å². The van der Waals surface area contributed by atoms with Crippen LogP contribution in [0.2, 0.25) is 0 Å². The molecule has 1 aliphatic rings. The van der Waals surface area contributed by atoms with E-state index >= 15 is 0 Å². The summed E-state index contributed by atoms with van der Waals surface area (Å²) in [5, 5.41) is 9.66. The Morgan fingerprint density at radius 1 is 1.03 bits per heavy atom. The smallest absolute Gasteiger partial charge is 0.326 e. The van der Waals surface area contributed by atoms with Crippen molar-refractivity contribution in [3.63, 3.8) is 0 Å². The van der Waals surface area contributed by atoms with Gasteiger partial charge in [-0.2, -0.15) is 0 Å². The largest absolute Gasteiger partial charge is 0.508 e. The molecule has 0 fully saturated rings. The number of methoxy groups -OCH3 is 1. The molecule has 0 saturated carbocycles. The van der Waals surface area contributed by atoms with E-state index in [2.05, 4.69) is 24.3 Å².